The molecule has 0 fully saturated rings. The Morgan fingerprint density at radius 1 is 1.32 bits per heavy atom. The molecule has 1 amide bonds. The lowest BCUT2D eigenvalue weighted by atomic mass is 9.81. The van der Waals surface area contributed by atoms with Gasteiger partial charge in [0.25, 0.3) is 5.91 Å². The molecule has 2 aromatic rings. The van der Waals surface area contributed by atoms with Crippen LogP contribution < -0.4 is 5.32 Å². The van der Waals surface area contributed by atoms with Crippen molar-refractivity contribution in [1.82, 2.24) is 10.3 Å². The monoisotopic (exact) mass is 354 g/mol. The van der Waals surface area contributed by atoms with Gasteiger partial charge in [-0.1, -0.05) is 6.07 Å². The highest BCUT2D eigenvalue weighted by Crippen LogP contribution is 2.42. The molecular weight excluding hydrogens is 340 g/mol. The molecule has 0 saturated heterocycles. The van der Waals surface area contributed by atoms with Gasteiger partial charge in [-0.3, -0.25) is 9.78 Å². The minimum Gasteiger partial charge on any atom is -0.387 e. The maximum atomic E-state index is 15.3. The first-order valence-corrected chi connectivity index (χ1v) is 7.57. The number of nitrogens with zero attached hydrogens (tertiary/aromatic N) is 1. The van der Waals surface area contributed by atoms with Gasteiger partial charge < -0.3 is 10.4 Å². The summed E-state index contributed by atoms with van der Waals surface area (Å²) in [4.78, 5) is 16.2. The summed E-state index contributed by atoms with van der Waals surface area (Å²) in [7, 11) is 0. The van der Waals surface area contributed by atoms with Crippen molar-refractivity contribution in [3.8, 4) is 0 Å². The molecule has 0 radical (unpaired) electrons. The van der Waals surface area contributed by atoms with Crippen LogP contribution in [0.2, 0.25) is 0 Å². The SMILES string of the molecule is O=C(NCc1c(F)cc(F)cc1F)[C@]1(F)CC[C@H](O)c2ncccc21. The van der Waals surface area contributed by atoms with Crippen LogP contribution in [0.15, 0.2) is 30.5 Å². The number of halogens is 4. The van der Waals surface area contributed by atoms with E-state index >= 15 is 4.39 Å². The molecule has 0 saturated carbocycles. The van der Waals surface area contributed by atoms with Crippen LogP contribution in [0.3, 0.4) is 0 Å². The summed E-state index contributed by atoms with van der Waals surface area (Å²) >= 11 is 0. The van der Waals surface area contributed by atoms with Gasteiger partial charge in [-0.25, -0.2) is 17.6 Å². The molecule has 25 heavy (non-hydrogen) atoms. The molecule has 0 unspecified atom stereocenters. The van der Waals surface area contributed by atoms with E-state index in [9.17, 15) is 23.1 Å². The van der Waals surface area contributed by atoms with Crippen LogP contribution in [-0.2, 0) is 17.0 Å². The molecule has 2 N–H and O–H groups in total. The Morgan fingerprint density at radius 2 is 2.00 bits per heavy atom. The first kappa shape index (κ1) is 17.3. The fourth-order valence-corrected chi connectivity index (χ4v) is 2.91. The zero-order valence-electron chi connectivity index (χ0n) is 12.9. The van der Waals surface area contributed by atoms with Gasteiger partial charge in [0, 0.05) is 36.0 Å². The number of aliphatic hydroxyl groups is 1. The standard InChI is InChI=1S/C17H14F4N2O2/c18-9-6-12(19)10(13(20)7-9)8-23-16(25)17(21)4-3-14(24)15-11(17)2-1-5-22-15/h1-2,5-7,14,24H,3-4,8H2,(H,23,25)/t14-,17-/m0/s1. The molecule has 1 aromatic heterocycles. The Morgan fingerprint density at radius 3 is 2.68 bits per heavy atom. The fourth-order valence-electron chi connectivity index (χ4n) is 2.91. The summed E-state index contributed by atoms with van der Waals surface area (Å²) in [6, 6.07) is 3.72. The normalized spacial score (nSPS) is 22.4. The number of fused-ring (bicyclic) bond motifs is 1. The van der Waals surface area contributed by atoms with E-state index in [1.807, 2.05) is 0 Å². The third-order valence-corrected chi connectivity index (χ3v) is 4.23. The third-order valence-electron chi connectivity index (χ3n) is 4.23. The van der Waals surface area contributed by atoms with Crippen molar-refractivity contribution in [2.24, 2.45) is 0 Å². The fraction of sp³-hybridized carbons (Fsp3) is 0.294. The summed E-state index contributed by atoms with van der Waals surface area (Å²) in [5.41, 5.74) is -3.06. The molecule has 1 aliphatic carbocycles. The lowest BCUT2D eigenvalue weighted by Gasteiger charge is -2.32. The number of aromatic nitrogens is 1. The van der Waals surface area contributed by atoms with E-state index in [1.165, 1.54) is 18.3 Å². The Hall–Kier alpha value is -2.48. The second-order valence-electron chi connectivity index (χ2n) is 5.82. The van der Waals surface area contributed by atoms with Gasteiger partial charge >= 0.3 is 0 Å². The average Bonchev–Trinajstić information content (AvgIpc) is 2.57. The van der Waals surface area contributed by atoms with Crippen molar-refractivity contribution < 1.29 is 27.5 Å². The highest BCUT2D eigenvalue weighted by Gasteiger charge is 2.46. The van der Waals surface area contributed by atoms with Crippen molar-refractivity contribution in [3.63, 3.8) is 0 Å². The Bertz CT molecular complexity index is 807. The number of aliphatic hydroxyl groups excluding tert-OH is 1. The Kier molecular flexibility index (Phi) is 4.47. The average molecular weight is 354 g/mol. The largest absolute Gasteiger partial charge is 0.387 e. The first-order valence-electron chi connectivity index (χ1n) is 7.57. The predicted molar refractivity (Wildman–Crippen MR) is 79.4 cm³/mol. The molecule has 3 rings (SSSR count). The molecular formula is C17H14F4N2O2. The summed E-state index contributed by atoms with van der Waals surface area (Å²) in [6.07, 6.45) is 0.0646. The second kappa shape index (κ2) is 6.44. The number of carbonyl (C=O) groups excluding carboxylic acids is 1. The number of amides is 1. The maximum Gasteiger partial charge on any atom is 0.262 e. The van der Waals surface area contributed by atoms with Gasteiger partial charge in [0.1, 0.15) is 17.5 Å². The van der Waals surface area contributed by atoms with Crippen LogP contribution in [0.1, 0.15) is 35.8 Å². The highest BCUT2D eigenvalue weighted by molar-refractivity contribution is 5.87. The van der Waals surface area contributed by atoms with Crippen LogP contribution in [-0.4, -0.2) is 16.0 Å². The summed E-state index contributed by atoms with van der Waals surface area (Å²) in [5.74, 6) is -4.54. The minimum atomic E-state index is -2.48. The number of hydrogen-bond donors (Lipinski definition) is 2. The van der Waals surface area contributed by atoms with Crippen LogP contribution in [0.4, 0.5) is 17.6 Å². The van der Waals surface area contributed by atoms with Gasteiger partial charge in [-0.05, 0) is 18.9 Å². The van der Waals surface area contributed by atoms with E-state index < -0.39 is 47.2 Å². The van der Waals surface area contributed by atoms with Crippen LogP contribution >= 0.6 is 0 Å². The van der Waals surface area contributed by atoms with Crippen molar-refractivity contribution >= 4 is 5.91 Å². The molecule has 0 spiro atoms. The quantitative estimate of drug-likeness (QED) is 0.834. The van der Waals surface area contributed by atoms with E-state index in [2.05, 4.69) is 10.3 Å². The molecule has 0 bridgehead atoms. The third kappa shape index (κ3) is 3.09. The van der Waals surface area contributed by atoms with Crippen molar-refractivity contribution in [1.29, 1.82) is 0 Å². The molecule has 8 heteroatoms. The Labute approximate surface area is 140 Å². The van der Waals surface area contributed by atoms with Crippen molar-refractivity contribution in [3.05, 3.63) is 64.7 Å². The maximum absolute atomic E-state index is 15.3. The number of nitrogens with one attached hydrogen (secondary N) is 1. The lowest BCUT2D eigenvalue weighted by molar-refractivity contribution is -0.135. The van der Waals surface area contributed by atoms with Crippen molar-refractivity contribution in [2.45, 2.75) is 31.2 Å². The highest BCUT2D eigenvalue weighted by atomic mass is 19.2. The van der Waals surface area contributed by atoms with Gasteiger partial charge in [0.2, 0.25) is 5.67 Å². The predicted octanol–water partition coefficient (Wildman–Crippen LogP) is 2.81. The van der Waals surface area contributed by atoms with Gasteiger partial charge in [0.05, 0.1) is 11.8 Å². The van der Waals surface area contributed by atoms with E-state index in [0.29, 0.717) is 12.1 Å². The van der Waals surface area contributed by atoms with E-state index in [-0.39, 0.29) is 24.1 Å². The molecule has 4 nitrogen and oxygen atoms in total. The van der Waals surface area contributed by atoms with Gasteiger partial charge in [-0.2, -0.15) is 0 Å². The Balaban J connectivity index is 1.84. The molecule has 0 aliphatic heterocycles. The number of rotatable bonds is 3. The summed E-state index contributed by atoms with van der Waals surface area (Å²) in [6.45, 7) is -0.638. The molecule has 1 aromatic carbocycles. The number of benzene rings is 1. The number of hydrogen-bond acceptors (Lipinski definition) is 3. The van der Waals surface area contributed by atoms with E-state index in [0.717, 1.165) is 0 Å². The van der Waals surface area contributed by atoms with Crippen LogP contribution in [0, 0.1) is 17.5 Å². The lowest BCUT2D eigenvalue weighted by Crippen LogP contribution is -2.44. The van der Waals surface area contributed by atoms with E-state index in [1.54, 1.807) is 0 Å². The van der Waals surface area contributed by atoms with Crippen molar-refractivity contribution in [2.75, 3.05) is 0 Å². The molecule has 1 aliphatic rings. The van der Waals surface area contributed by atoms with Gasteiger partial charge in [0.15, 0.2) is 0 Å². The number of carbonyl (C=O) groups is 1. The second-order valence-corrected chi connectivity index (χ2v) is 5.82. The smallest absolute Gasteiger partial charge is 0.262 e. The molecule has 1 heterocycles. The molecule has 2 atom stereocenters. The van der Waals surface area contributed by atoms with Crippen LogP contribution in [0.5, 0.6) is 0 Å². The van der Waals surface area contributed by atoms with Gasteiger partial charge in [-0.15, -0.1) is 0 Å². The number of alkyl halides is 1. The molecule has 132 valence electrons. The first-order chi connectivity index (χ1) is 11.8. The number of pyridine rings is 1. The zero-order valence-corrected chi connectivity index (χ0v) is 12.9. The summed E-state index contributed by atoms with van der Waals surface area (Å²) in [5, 5.41) is 12.0. The van der Waals surface area contributed by atoms with Crippen LogP contribution in [0.25, 0.3) is 0 Å². The minimum absolute atomic E-state index is 0.0206. The van der Waals surface area contributed by atoms with E-state index in [4.69, 9.17) is 0 Å². The zero-order chi connectivity index (χ0) is 18.2. The topological polar surface area (TPSA) is 62.2 Å². The summed E-state index contributed by atoms with van der Waals surface area (Å²) < 4.78 is 55.4.